The Balaban J connectivity index is 2.68. The molecule has 90 valence electrons. The summed E-state index contributed by atoms with van der Waals surface area (Å²) in [4.78, 5) is 11.5. The van der Waals surface area contributed by atoms with Gasteiger partial charge in [0.1, 0.15) is 0 Å². The van der Waals surface area contributed by atoms with Crippen LogP contribution in [0.1, 0.15) is 19.8 Å². The number of anilines is 1. The van der Waals surface area contributed by atoms with Crippen molar-refractivity contribution in [3.05, 3.63) is 10.6 Å². The zero-order valence-electron chi connectivity index (χ0n) is 9.20. The van der Waals surface area contributed by atoms with Gasteiger partial charge in [0.05, 0.1) is 12.6 Å². The molecule has 5 nitrogen and oxygen atoms in total. The number of rotatable bonds is 6. The largest absolute Gasteiger partial charge is 0.383 e. The van der Waals surface area contributed by atoms with E-state index in [4.69, 9.17) is 27.9 Å². The highest BCUT2D eigenvalue weighted by atomic mass is 35.5. The Morgan fingerprint density at radius 2 is 1.88 bits per heavy atom. The van der Waals surface area contributed by atoms with Gasteiger partial charge in [-0.1, -0.05) is 13.3 Å². The van der Waals surface area contributed by atoms with Crippen LogP contribution in [-0.4, -0.2) is 34.7 Å². The van der Waals surface area contributed by atoms with E-state index in [2.05, 4.69) is 27.2 Å². The lowest BCUT2D eigenvalue weighted by molar-refractivity contribution is 0.182. The molecule has 1 atom stereocenters. The van der Waals surface area contributed by atoms with E-state index in [-0.39, 0.29) is 16.6 Å². The van der Waals surface area contributed by atoms with Crippen LogP contribution in [0, 0.1) is 0 Å². The zero-order valence-corrected chi connectivity index (χ0v) is 10.7. The van der Waals surface area contributed by atoms with Crippen molar-refractivity contribution in [2.45, 2.75) is 25.8 Å². The first kappa shape index (κ1) is 13.4. The van der Waals surface area contributed by atoms with Gasteiger partial charge < -0.3 is 10.1 Å². The first-order valence-electron chi connectivity index (χ1n) is 4.98. The molecular formula is C9H14Cl2N4O. The zero-order chi connectivity index (χ0) is 12.0. The summed E-state index contributed by atoms with van der Waals surface area (Å²) in [6.45, 7) is 2.67. The van der Waals surface area contributed by atoms with Crippen molar-refractivity contribution in [1.29, 1.82) is 0 Å². The van der Waals surface area contributed by atoms with Gasteiger partial charge in [0.2, 0.25) is 16.5 Å². The second kappa shape index (κ2) is 6.83. The summed E-state index contributed by atoms with van der Waals surface area (Å²) in [5, 5.41) is 3.26. The summed E-state index contributed by atoms with van der Waals surface area (Å²) in [5.41, 5.74) is 0. The SMILES string of the molecule is CCCC(COC)Nc1nc(Cl)nc(Cl)n1. The van der Waals surface area contributed by atoms with E-state index < -0.39 is 0 Å². The molecule has 1 rings (SSSR count). The molecule has 1 heterocycles. The normalized spacial score (nSPS) is 12.5. The maximum absolute atomic E-state index is 5.67. The standard InChI is InChI=1S/C9H14Cl2N4O/c1-3-4-6(5-16-2)12-9-14-7(10)13-8(11)15-9/h6H,3-5H2,1-2H3,(H,12,13,14,15). The van der Waals surface area contributed by atoms with Gasteiger partial charge >= 0.3 is 0 Å². The van der Waals surface area contributed by atoms with Crippen molar-refractivity contribution in [2.75, 3.05) is 19.0 Å². The second-order valence-corrected chi connectivity index (χ2v) is 3.96. The van der Waals surface area contributed by atoms with E-state index in [1.54, 1.807) is 7.11 Å². The highest BCUT2D eigenvalue weighted by Crippen LogP contribution is 2.12. The summed E-state index contributed by atoms with van der Waals surface area (Å²) in [6.07, 6.45) is 1.99. The van der Waals surface area contributed by atoms with E-state index in [0.717, 1.165) is 12.8 Å². The van der Waals surface area contributed by atoms with Gasteiger partial charge in [-0.25, -0.2) is 0 Å². The molecule has 1 N–H and O–H groups in total. The molecule has 0 aliphatic rings. The van der Waals surface area contributed by atoms with Crippen molar-refractivity contribution < 1.29 is 4.74 Å². The number of aromatic nitrogens is 3. The van der Waals surface area contributed by atoms with Crippen LogP contribution in [0.2, 0.25) is 10.6 Å². The molecule has 0 saturated heterocycles. The summed E-state index contributed by atoms with van der Waals surface area (Å²) in [6, 6.07) is 0.143. The van der Waals surface area contributed by atoms with Gasteiger partial charge in [0.25, 0.3) is 0 Å². The summed E-state index contributed by atoms with van der Waals surface area (Å²) in [5.74, 6) is 0.375. The molecule has 0 aliphatic carbocycles. The number of ether oxygens (including phenoxy) is 1. The molecule has 7 heteroatoms. The molecule has 1 unspecified atom stereocenters. The third-order valence-electron chi connectivity index (χ3n) is 1.92. The van der Waals surface area contributed by atoms with Crippen molar-refractivity contribution in [3.8, 4) is 0 Å². The van der Waals surface area contributed by atoms with Gasteiger partial charge in [-0.15, -0.1) is 0 Å². The van der Waals surface area contributed by atoms with Gasteiger partial charge in [0.15, 0.2) is 0 Å². The topological polar surface area (TPSA) is 59.9 Å². The van der Waals surface area contributed by atoms with Gasteiger partial charge in [-0.3, -0.25) is 0 Å². The second-order valence-electron chi connectivity index (χ2n) is 3.28. The predicted molar refractivity (Wildman–Crippen MR) is 64.0 cm³/mol. The summed E-state index contributed by atoms with van der Waals surface area (Å²) < 4.78 is 5.09. The molecule has 0 bridgehead atoms. The van der Waals surface area contributed by atoms with Gasteiger partial charge in [-0.05, 0) is 29.6 Å². The van der Waals surface area contributed by atoms with Crippen molar-refractivity contribution in [1.82, 2.24) is 15.0 Å². The number of nitrogens with one attached hydrogen (secondary N) is 1. The van der Waals surface area contributed by atoms with Crippen LogP contribution >= 0.6 is 23.2 Å². The third-order valence-corrected chi connectivity index (χ3v) is 2.26. The fourth-order valence-electron chi connectivity index (χ4n) is 1.32. The third kappa shape index (κ3) is 4.47. The molecule has 0 aromatic carbocycles. The monoisotopic (exact) mass is 264 g/mol. The molecule has 1 aromatic heterocycles. The molecule has 0 aliphatic heterocycles. The van der Waals surface area contributed by atoms with Crippen molar-refractivity contribution >= 4 is 29.2 Å². The molecule has 0 fully saturated rings. The molecule has 1 aromatic rings. The molecule has 0 radical (unpaired) electrons. The van der Waals surface area contributed by atoms with Crippen LogP contribution in [0.25, 0.3) is 0 Å². The maximum atomic E-state index is 5.67. The Morgan fingerprint density at radius 3 is 2.38 bits per heavy atom. The molecule has 0 saturated carbocycles. The molecule has 16 heavy (non-hydrogen) atoms. The fourth-order valence-corrected chi connectivity index (χ4v) is 1.68. The van der Waals surface area contributed by atoms with E-state index in [1.165, 1.54) is 0 Å². The lowest BCUT2D eigenvalue weighted by Gasteiger charge is -2.16. The van der Waals surface area contributed by atoms with E-state index in [0.29, 0.717) is 12.6 Å². The Morgan fingerprint density at radius 1 is 1.25 bits per heavy atom. The Labute approximate surface area is 105 Å². The number of hydrogen-bond donors (Lipinski definition) is 1. The van der Waals surface area contributed by atoms with Crippen LogP contribution in [0.15, 0.2) is 0 Å². The smallest absolute Gasteiger partial charge is 0.228 e. The maximum Gasteiger partial charge on any atom is 0.228 e. The van der Waals surface area contributed by atoms with Crippen molar-refractivity contribution in [2.24, 2.45) is 0 Å². The molecular weight excluding hydrogens is 251 g/mol. The van der Waals surface area contributed by atoms with Crippen molar-refractivity contribution in [3.63, 3.8) is 0 Å². The molecule has 0 amide bonds. The lowest BCUT2D eigenvalue weighted by atomic mass is 10.2. The van der Waals surface area contributed by atoms with E-state index in [9.17, 15) is 0 Å². The minimum absolute atomic E-state index is 0.0789. The Kier molecular flexibility index (Phi) is 5.73. The van der Waals surface area contributed by atoms with Gasteiger partial charge in [0, 0.05) is 7.11 Å². The van der Waals surface area contributed by atoms with Crippen LogP contribution in [0.5, 0.6) is 0 Å². The summed E-state index contributed by atoms with van der Waals surface area (Å²) >= 11 is 11.3. The van der Waals surface area contributed by atoms with E-state index >= 15 is 0 Å². The first-order chi connectivity index (χ1) is 7.65. The van der Waals surface area contributed by atoms with Crippen LogP contribution in [0.3, 0.4) is 0 Å². The van der Waals surface area contributed by atoms with Crippen LogP contribution in [-0.2, 0) is 4.74 Å². The summed E-state index contributed by atoms with van der Waals surface area (Å²) in [7, 11) is 1.65. The average molecular weight is 265 g/mol. The molecule has 0 spiro atoms. The number of halogens is 2. The number of hydrogen-bond acceptors (Lipinski definition) is 5. The highest BCUT2D eigenvalue weighted by Gasteiger charge is 2.10. The lowest BCUT2D eigenvalue weighted by Crippen LogP contribution is -2.26. The average Bonchev–Trinajstić information content (AvgIpc) is 2.16. The minimum atomic E-state index is 0.0789. The van der Waals surface area contributed by atoms with Crippen LogP contribution in [0.4, 0.5) is 5.95 Å². The minimum Gasteiger partial charge on any atom is -0.383 e. The predicted octanol–water partition coefficient (Wildman–Crippen LogP) is 2.41. The highest BCUT2D eigenvalue weighted by molar-refractivity contribution is 6.31. The first-order valence-corrected chi connectivity index (χ1v) is 5.73. The number of methoxy groups -OCH3 is 1. The van der Waals surface area contributed by atoms with Gasteiger partial charge in [-0.2, -0.15) is 15.0 Å². The number of nitrogens with zero attached hydrogens (tertiary/aromatic N) is 3. The fraction of sp³-hybridized carbons (Fsp3) is 0.667. The van der Waals surface area contributed by atoms with E-state index in [1.807, 2.05) is 0 Å². The Hall–Kier alpha value is -0.650. The van der Waals surface area contributed by atoms with Crippen LogP contribution < -0.4 is 5.32 Å². The Bertz CT molecular complexity index is 311. The quantitative estimate of drug-likeness (QED) is 0.855.